The summed E-state index contributed by atoms with van der Waals surface area (Å²) in [5.41, 5.74) is 0. The van der Waals surface area contributed by atoms with Crippen LogP contribution in [0.2, 0.25) is 0 Å². The van der Waals surface area contributed by atoms with E-state index < -0.39 is 22.0 Å². The highest BCUT2D eigenvalue weighted by Gasteiger charge is 2.41. The maximum atomic E-state index is 13.0. The van der Waals surface area contributed by atoms with E-state index in [9.17, 15) is 18.0 Å². The van der Waals surface area contributed by atoms with Crippen LogP contribution in [0.15, 0.2) is 44.5 Å². The monoisotopic (exact) mass is 424 g/mol. The van der Waals surface area contributed by atoms with Gasteiger partial charge in [0.2, 0.25) is 16.8 Å². The summed E-state index contributed by atoms with van der Waals surface area (Å²) in [6.45, 7) is 3.81. The largest absolute Gasteiger partial charge is 0.469 e. The van der Waals surface area contributed by atoms with Crippen LogP contribution in [-0.4, -0.2) is 49.8 Å². The summed E-state index contributed by atoms with van der Waals surface area (Å²) in [5.74, 6) is -0.577. The van der Waals surface area contributed by atoms with Gasteiger partial charge in [-0.05, 0) is 51.0 Å². The Hall–Kier alpha value is -2.59. The smallest absolute Gasteiger partial charge is 0.374 e. The minimum Gasteiger partial charge on any atom is -0.469 e. The lowest BCUT2D eigenvalue weighted by Gasteiger charge is -2.23. The molecule has 0 bridgehead atoms. The van der Waals surface area contributed by atoms with E-state index in [0.29, 0.717) is 19.3 Å². The molecule has 2 atom stereocenters. The summed E-state index contributed by atoms with van der Waals surface area (Å²) < 4.78 is 42.4. The summed E-state index contributed by atoms with van der Waals surface area (Å²) in [5, 5.41) is 2.46. The van der Waals surface area contributed by atoms with Crippen molar-refractivity contribution in [3.05, 3.63) is 42.0 Å². The SMILES string of the molecule is CCOC(=O)c1ccc(S(=O)(=O)N2CCCC2C(=O)NC(C)Cc2ccco2)o1. The predicted octanol–water partition coefficient (Wildman–Crippen LogP) is 1.95. The third kappa shape index (κ3) is 4.70. The van der Waals surface area contributed by atoms with Crippen LogP contribution in [0.1, 0.15) is 43.0 Å². The van der Waals surface area contributed by atoms with E-state index in [0.717, 1.165) is 10.1 Å². The number of esters is 1. The topological polar surface area (TPSA) is 119 Å². The quantitative estimate of drug-likeness (QED) is 0.643. The molecule has 29 heavy (non-hydrogen) atoms. The molecular weight excluding hydrogens is 400 g/mol. The first-order valence-electron chi connectivity index (χ1n) is 9.44. The number of ether oxygens (including phenoxy) is 1. The van der Waals surface area contributed by atoms with Gasteiger partial charge in [-0.3, -0.25) is 4.79 Å². The first-order chi connectivity index (χ1) is 13.8. The van der Waals surface area contributed by atoms with E-state index in [4.69, 9.17) is 13.6 Å². The lowest BCUT2D eigenvalue weighted by Crippen LogP contribution is -2.48. The first kappa shape index (κ1) is 21.1. The molecule has 2 aromatic rings. The Morgan fingerprint density at radius 1 is 1.34 bits per heavy atom. The van der Waals surface area contributed by atoms with Gasteiger partial charge < -0.3 is 18.9 Å². The van der Waals surface area contributed by atoms with Crippen LogP contribution in [0.5, 0.6) is 0 Å². The fourth-order valence-electron chi connectivity index (χ4n) is 3.30. The van der Waals surface area contributed by atoms with Gasteiger partial charge in [-0.2, -0.15) is 4.31 Å². The van der Waals surface area contributed by atoms with Gasteiger partial charge in [0.15, 0.2) is 0 Å². The van der Waals surface area contributed by atoms with E-state index in [1.165, 1.54) is 12.1 Å². The maximum Gasteiger partial charge on any atom is 0.374 e. The zero-order chi connectivity index (χ0) is 21.0. The Morgan fingerprint density at radius 2 is 2.14 bits per heavy atom. The van der Waals surface area contributed by atoms with Crippen LogP contribution < -0.4 is 5.32 Å². The number of carbonyl (C=O) groups excluding carboxylic acids is 2. The zero-order valence-electron chi connectivity index (χ0n) is 16.3. The highest BCUT2D eigenvalue weighted by molar-refractivity contribution is 7.89. The lowest BCUT2D eigenvalue weighted by molar-refractivity contribution is -0.124. The van der Waals surface area contributed by atoms with Gasteiger partial charge in [0.25, 0.3) is 10.0 Å². The van der Waals surface area contributed by atoms with Gasteiger partial charge >= 0.3 is 5.97 Å². The number of carbonyl (C=O) groups is 2. The molecule has 1 saturated heterocycles. The fraction of sp³-hybridized carbons (Fsp3) is 0.474. The minimum absolute atomic E-state index is 0.145. The van der Waals surface area contributed by atoms with Crippen LogP contribution in [0.4, 0.5) is 0 Å². The highest BCUT2D eigenvalue weighted by atomic mass is 32.2. The van der Waals surface area contributed by atoms with Gasteiger partial charge in [0.1, 0.15) is 11.8 Å². The molecule has 0 spiro atoms. The number of hydrogen-bond donors (Lipinski definition) is 1. The predicted molar refractivity (Wildman–Crippen MR) is 102 cm³/mol. The summed E-state index contributed by atoms with van der Waals surface area (Å²) in [6, 6.07) is 4.97. The highest BCUT2D eigenvalue weighted by Crippen LogP contribution is 2.27. The van der Waals surface area contributed by atoms with Crippen LogP contribution in [0.3, 0.4) is 0 Å². The van der Waals surface area contributed by atoms with Crippen molar-refractivity contribution >= 4 is 21.9 Å². The molecule has 1 aliphatic heterocycles. The molecule has 9 nitrogen and oxygen atoms in total. The van der Waals surface area contributed by atoms with Gasteiger partial charge in [-0.1, -0.05) is 0 Å². The molecule has 3 heterocycles. The number of amides is 1. The molecular formula is C19H24N2O7S. The zero-order valence-corrected chi connectivity index (χ0v) is 17.1. The molecule has 0 aliphatic carbocycles. The second-order valence-corrected chi connectivity index (χ2v) is 8.63. The molecule has 1 N–H and O–H groups in total. The molecule has 10 heteroatoms. The van der Waals surface area contributed by atoms with Gasteiger partial charge in [-0.15, -0.1) is 0 Å². The Morgan fingerprint density at radius 3 is 2.83 bits per heavy atom. The van der Waals surface area contributed by atoms with E-state index >= 15 is 0 Å². The summed E-state index contributed by atoms with van der Waals surface area (Å²) >= 11 is 0. The molecule has 0 saturated carbocycles. The van der Waals surface area contributed by atoms with Gasteiger partial charge in [-0.25, -0.2) is 13.2 Å². The van der Waals surface area contributed by atoms with Crippen molar-refractivity contribution in [2.75, 3.05) is 13.2 Å². The van der Waals surface area contributed by atoms with Crippen LogP contribution >= 0.6 is 0 Å². The van der Waals surface area contributed by atoms with Crippen molar-refractivity contribution in [3.63, 3.8) is 0 Å². The van der Waals surface area contributed by atoms with E-state index in [1.54, 1.807) is 19.3 Å². The molecule has 2 unspecified atom stereocenters. The second-order valence-electron chi connectivity index (χ2n) is 6.81. The number of nitrogens with one attached hydrogen (secondary N) is 1. The summed E-state index contributed by atoms with van der Waals surface area (Å²) in [4.78, 5) is 24.5. The van der Waals surface area contributed by atoms with Crippen molar-refractivity contribution in [3.8, 4) is 0 Å². The standard InChI is InChI=1S/C19H24N2O7S/c1-3-26-19(23)16-8-9-17(28-16)29(24,25)21-10-4-7-15(21)18(22)20-13(2)12-14-6-5-11-27-14/h5-6,8-9,11,13,15H,3-4,7,10,12H2,1-2H3,(H,20,22). The molecule has 1 amide bonds. The molecule has 3 rings (SSSR count). The Balaban J connectivity index is 1.70. The van der Waals surface area contributed by atoms with Crippen molar-refractivity contribution < 1.29 is 31.6 Å². The van der Waals surface area contributed by atoms with Crippen LogP contribution in [0, 0.1) is 0 Å². The number of nitrogens with zero attached hydrogens (tertiary/aromatic N) is 1. The minimum atomic E-state index is -4.07. The molecule has 1 aliphatic rings. The summed E-state index contributed by atoms with van der Waals surface area (Å²) in [7, 11) is -4.07. The fourth-order valence-corrected chi connectivity index (χ4v) is 4.87. The van der Waals surface area contributed by atoms with Crippen LogP contribution in [0.25, 0.3) is 0 Å². The second kappa shape index (κ2) is 8.83. The average Bonchev–Trinajstić information content (AvgIpc) is 3.42. The number of sulfonamides is 1. The van der Waals surface area contributed by atoms with Crippen LogP contribution in [-0.2, 0) is 26.0 Å². The Bertz CT molecular complexity index is 949. The number of hydrogen-bond acceptors (Lipinski definition) is 7. The molecule has 0 aromatic carbocycles. The third-order valence-corrected chi connectivity index (χ3v) is 6.39. The van der Waals surface area contributed by atoms with E-state index in [-0.39, 0.29) is 36.0 Å². The Kier molecular flexibility index (Phi) is 6.43. The molecule has 158 valence electrons. The molecule has 1 fully saturated rings. The summed E-state index contributed by atoms with van der Waals surface area (Å²) in [6.07, 6.45) is 3.02. The third-order valence-electron chi connectivity index (χ3n) is 4.60. The van der Waals surface area contributed by atoms with Crippen molar-refractivity contribution in [2.45, 2.75) is 50.3 Å². The number of rotatable bonds is 8. The van der Waals surface area contributed by atoms with Crippen molar-refractivity contribution in [1.29, 1.82) is 0 Å². The molecule has 2 aromatic heterocycles. The van der Waals surface area contributed by atoms with Crippen molar-refractivity contribution in [1.82, 2.24) is 9.62 Å². The van der Waals surface area contributed by atoms with E-state index in [1.807, 2.05) is 13.0 Å². The lowest BCUT2D eigenvalue weighted by atomic mass is 10.1. The first-order valence-corrected chi connectivity index (χ1v) is 10.9. The Labute approximate surface area is 169 Å². The molecule has 0 radical (unpaired) electrons. The van der Waals surface area contributed by atoms with Gasteiger partial charge in [0.05, 0.1) is 12.9 Å². The van der Waals surface area contributed by atoms with Gasteiger partial charge in [0, 0.05) is 19.0 Å². The van der Waals surface area contributed by atoms with Crippen molar-refractivity contribution in [2.24, 2.45) is 0 Å². The average molecular weight is 424 g/mol. The number of furan rings is 2. The van der Waals surface area contributed by atoms with E-state index in [2.05, 4.69) is 5.32 Å². The maximum absolute atomic E-state index is 13.0. The normalized spacial score (nSPS) is 18.5.